The third kappa shape index (κ3) is 2.54. The molecule has 0 spiro atoms. The van der Waals surface area contributed by atoms with Gasteiger partial charge in [-0.05, 0) is 36.7 Å². The molecule has 0 bridgehead atoms. The number of halogens is 1. The smallest absolute Gasteiger partial charge is 0.123 e. The van der Waals surface area contributed by atoms with E-state index in [4.69, 9.17) is 0 Å². The zero-order chi connectivity index (χ0) is 12.4. The Bertz CT molecular complexity index is 532. The Morgan fingerprint density at radius 2 is 2.28 bits per heavy atom. The summed E-state index contributed by atoms with van der Waals surface area (Å²) >= 11 is 1.65. The van der Waals surface area contributed by atoms with Crippen LogP contribution in [-0.4, -0.2) is 19.1 Å². The Morgan fingerprint density at radius 1 is 1.33 bits per heavy atom. The van der Waals surface area contributed by atoms with E-state index in [0.29, 0.717) is 6.04 Å². The van der Waals surface area contributed by atoms with Gasteiger partial charge in [-0.1, -0.05) is 12.1 Å². The van der Waals surface area contributed by atoms with Crippen molar-refractivity contribution in [1.29, 1.82) is 0 Å². The molecule has 94 valence electrons. The lowest BCUT2D eigenvalue weighted by atomic mass is 10.2. The molecule has 2 nitrogen and oxygen atoms in total. The molecule has 0 saturated carbocycles. The summed E-state index contributed by atoms with van der Waals surface area (Å²) in [5.41, 5.74) is 2.07. The number of anilines is 1. The highest BCUT2D eigenvalue weighted by atomic mass is 32.1. The predicted molar refractivity (Wildman–Crippen MR) is 74.6 cm³/mol. The lowest BCUT2D eigenvalue weighted by Crippen LogP contribution is -2.21. The van der Waals surface area contributed by atoms with Gasteiger partial charge in [0.2, 0.25) is 0 Å². The third-order valence-corrected chi connectivity index (χ3v) is 4.12. The summed E-state index contributed by atoms with van der Waals surface area (Å²) in [6.07, 6.45) is 1.16. The van der Waals surface area contributed by atoms with Gasteiger partial charge in [0.05, 0.1) is 0 Å². The molecule has 18 heavy (non-hydrogen) atoms. The van der Waals surface area contributed by atoms with Crippen molar-refractivity contribution in [3.63, 3.8) is 0 Å². The highest BCUT2D eigenvalue weighted by Crippen LogP contribution is 2.30. The van der Waals surface area contributed by atoms with Gasteiger partial charge in [0.15, 0.2) is 0 Å². The highest BCUT2D eigenvalue weighted by Gasteiger charge is 2.14. The molecule has 2 heterocycles. The molecule has 3 rings (SSSR count). The van der Waals surface area contributed by atoms with Crippen LogP contribution < -0.4 is 10.6 Å². The molecule has 1 aromatic carbocycles. The topological polar surface area (TPSA) is 24.1 Å². The summed E-state index contributed by atoms with van der Waals surface area (Å²) in [6, 6.07) is 9.35. The molecule has 0 radical (unpaired) electrons. The maximum atomic E-state index is 13.2. The first-order chi connectivity index (χ1) is 8.81. The van der Waals surface area contributed by atoms with E-state index in [1.807, 2.05) is 6.07 Å². The van der Waals surface area contributed by atoms with E-state index in [2.05, 4.69) is 22.1 Å². The van der Waals surface area contributed by atoms with Gasteiger partial charge in [0.25, 0.3) is 0 Å². The van der Waals surface area contributed by atoms with E-state index >= 15 is 0 Å². The SMILES string of the molecule is Fc1cccc(-c2cc(NC3CCNC3)cs2)c1. The van der Waals surface area contributed by atoms with Crippen LogP contribution in [0.15, 0.2) is 35.7 Å². The first kappa shape index (κ1) is 11.7. The monoisotopic (exact) mass is 262 g/mol. The summed E-state index contributed by atoms with van der Waals surface area (Å²) in [6.45, 7) is 2.10. The van der Waals surface area contributed by atoms with Crippen molar-refractivity contribution in [1.82, 2.24) is 5.32 Å². The number of nitrogens with one attached hydrogen (secondary N) is 2. The first-order valence-electron chi connectivity index (χ1n) is 6.13. The van der Waals surface area contributed by atoms with Gasteiger partial charge in [0, 0.05) is 28.5 Å². The lowest BCUT2D eigenvalue weighted by Gasteiger charge is -2.10. The van der Waals surface area contributed by atoms with E-state index in [-0.39, 0.29) is 5.82 Å². The molecule has 0 aliphatic carbocycles. The van der Waals surface area contributed by atoms with Gasteiger partial charge >= 0.3 is 0 Å². The third-order valence-electron chi connectivity index (χ3n) is 3.14. The quantitative estimate of drug-likeness (QED) is 0.886. The normalized spacial score (nSPS) is 19.1. The van der Waals surface area contributed by atoms with Gasteiger partial charge in [-0.15, -0.1) is 11.3 Å². The minimum Gasteiger partial charge on any atom is -0.380 e. The molecule has 2 N–H and O–H groups in total. The molecule has 1 unspecified atom stereocenters. The minimum atomic E-state index is -0.185. The summed E-state index contributed by atoms with van der Waals surface area (Å²) in [5.74, 6) is -0.185. The molecule has 0 amide bonds. The van der Waals surface area contributed by atoms with Crippen molar-refractivity contribution in [2.24, 2.45) is 0 Å². The predicted octanol–water partition coefficient (Wildman–Crippen LogP) is 3.33. The molecule has 1 saturated heterocycles. The zero-order valence-electron chi connectivity index (χ0n) is 9.95. The van der Waals surface area contributed by atoms with Crippen molar-refractivity contribution >= 4 is 17.0 Å². The van der Waals surface area contributed by atoms with Crippen LogP contribution in [0.2, 0.25) is 0 Å². The van der Waals surface area contributed by atoms with Crippen LogP contribution in [0.4, 0.5) is 10.1 Å². The minimum absolute atomic E-state index is 0.185. The second kappa shape index (κ2) is 5.08. The van der Waals surface area contributed by atoms with Gasteiger partial charge in [0.1, 0.15) is 5.82 Å². The summed E-state index contributed by atoms with van der Waals surface area (Å²) in [5, 5.41) is 8.93. The zero-order valence-corrected chi connectivity index (χ0v) is 10.8. The molecule has 1 atom stereocenters. The van der Waals surface area contributed by atoms with Gasteiger partial charge in [-0.25, -0.2) is 4.39 Å². The second-order valence-corrected chi connectivity index (χ2v) is 5.46. The molecular formula is C14H15FN2S. The summed E-state index contributed by atoms with van der Waals surface area (Å²) < 4.78 is 13.2. The Labute approximate surface area is 110 Å². The standard InChI is InChI=1S/C14H15FN2S/c15-11-3-1-2-10(6-11)14-7-13(9-18-14)17-12-4-5-16-8-12/h1-3,6-7,9,12,16-17H,4-5,8H2. The molecule has 4 heteroatoms. The largest absolute Gasteiger partial charge is 0.380 e. The van der Waals surface area contributed by atoms with E-state index in [9.17, 15) is 4.39 Å². The number of benzene rings is 1. The van der Waals surface area contributed by atoms with Crippen LogP contribution in [0.1, 0.15) is 6.42 Å². The van der Waals surface area contributed by atoms with Gasteiger partial charge in [-0.3, -0.25) is 0 Å². The van der Waals surface area contributed by atoms with Crippen molar-refractivity contribution in [3.05, 3.63) is 41.5 Å². The van der Waals surface area contributed by atoms with E-state index in [1.165, 1.54) is 6.07 Å². The van der Waals surface area contributed by atoms with Gasteiger partial charge < -0.3 is 10.6 Å². The number of thiophene rings is 1. The summed E-state index contributed by atoms with van der Waals surface area (Å²) in [7, 11) is 0. The van der Waals surface area contributed by atoms with E-state index < -0.39 is 0 Å². The fraction of sp³-hybridized carbons (Fsp3) is 0.286. The number of hydrogen-bond acceptors (Lipinski definition) is 3. The van der Waals surface area contributed by atoms with Crippen molar-refractivity contribution in [3.8, 4) is 10.4 Å². The fourth-order valence-corrected chi connectivity index (χ4v) is 3.07. The van der Waals surface area contributed by atoms with Crippen molar-refractivity contribution < 1.29 is 4.39 Å². The maximum Gasteiger partial charge on any atom is 0.123 e. The van der Waals surface area contributed by atoms with Crippen LogP contribution in [0.5, 0.6) is 0 Å². The molecule has 1 aliphatic heterocycles. The van der Waals surface area contributed by atoms with E-state index in [0.717, 1.165) is 35.6 Å². The Balaban J connectivity index is 1.76. The Morgan fingerprint density at radius 3 is 3.06 bits per heavy atom. The number of hydrogen-bond donors (Lipinski definition) is 2. The Hall–Kier alpha value is -1.39. The average Bonchev–Trinajstić information content (AvgIpc) is 3.01. The van der Waals surface area contributed by atoms with Crippen LogP contribution in [0.3, 0.4) is 0 Å². The van der Waals surface area contributed by atoms with Crippen molar-refractivity contribution in [2.75, 3.05) is 18.4 Å². The van der Waals surface area contributed by atoms with Crippen LogP contribution in [0.25, 0.3) is 10.4 Å². The average molecular weight is 262 g/mol. The molecule has 1 fully saturated rings. The fourth-order valence-electron chi connectivity index (χ4n) is 2.22. The molecule has 1 aromatic heterocycles. The lowest BCUT2D eigenvalue weighted by molar-refractivity contribution is 0.628. The van der Waals surface area contributed by atoms with Crippen LogP contribution in [0, 0.1) is 5.82 Å². The highest BCUT2D eigenvalue weighted by molar-refractivity contribution is 7.14. The first-order valence-corrected chi connectivity index (χ1v) is 7.01. The van der Waals surface area contributed by atoms with E-state index in [1.54, 1.807) is 23.5 Å². The Kier molecular flexibility index (Phi) is 3.30. The molecule has 1 aliphatic rings. The van der Waals surface area contributed by atoms with Gasteiger partial charge in [-0.2, -0.15) is 0 Å². The summed E-state index contributed by atoms with van der Waals surface area (Å²) in [4.78, 5) is 1.10. The molecule has 2 aromatic rings. The van der Waals surface area contributed by atoms with Crippen LogP contribution in [-0.2, 0) is 0 Å². The molecular weight excluding hydrogens is 247 g/mol. The second-order valence-electron chi connectivity index (χ2n) is 4.54. The number of rotatable bonds is 3. The maximum absolute atomic E-state index is 13.2. The van der Waals surface area contributed by atoms with Crippen molar-refractivity contribution in [2.45, 2.75) is 12.5 Å². The van der Waals surface area contributed by atoms with Crippen LogP contribution >= 0.6 is 11.3 Å².